The van der Waals surface area contributed by atoms with Crippen molar-refractivity contribution in [2.75, 3.05) is 20.2 Å². The molecule has 1 aromatic heterocycles. The maximum atomic E-state index is 12.6. The zero-order valence-electron chi connectivity index (χ0n) is 14.5. The lowest BCUT2D eigenvalue weighted by atomic mass is 9.97. The number of pyridine rings is 1. The number of amides is 2. The lowest BCUT2D eigenvalue weighted by Gasteiger charge is -2.28. The summed E-state index contributed by atoms with van der Waals surface area (Å²) in [7, 11) is 1.36. The van der Waals surface area contributed by atoms with Gasteiger partial charge in [-0.15, -0.1) is 0 Å². The standard InChI is InChI=1S/C19H20ClN3O3/c1-26-19(25)23-9-7-16-14(12-23)10-21-11-17(16)18(24)22-8-6-13-2-4-15(20)5-3-13/h2-5,10-11H,6-9,12H2,1H3,(H,22,24). The first-order valence-electron chi connectivity index (χ1n) is 8.39. The Hall–Kier alpha value is -2.60. The zero-order valence-corrected chi connectivity index (χ0v) is 15.3. The van der Waals surface area contributed by atoms with Crippen LogP contribution in [-0.4, -0.2) is 42.1 Å². The summed E-state index contributed by atoms with van der Waals surface area (Å²) in [5.74, 6) is -0.144. The van der Waals surface area contributed by atoms with Crippen LogP contribution in [0.5, 0.6) is 0 Å². The highest BCUT2D eigenvalue weighted by atomic mass is 35.5. The number of ether oxygens (including phenoxy) is 1. The van der Waals surface area contributed by atoms with Crippen LogP contribution in [0.1, 0.15) is 27.0 Å². The van der Waals surface area contributed by atoms with Crippen molar-refractivity contribution in [3.8, 4) is 0 Å². The Balaban J connectivity index is 1.63. The molecule has 0 unspecified atom stereocenters. The van der Waals surface area contributed by atoms with Crippen LogP contribution in [0.2, 0.25) is 5.02 Å². The molecule has 7 heteroatoms. The summed E-state index contributed by atoms with van der Waals surface area (Å²) in [5.41, 5.74) is 3.51. The molecule has 0 radical (unpaired) electrons. The van der Waals surface area contributed by atoms with Crippen LogP contribution in [-0.2, 0) is 24.1 Å². The van der Waals surface area contributed by atoms with Crippen molar-refractivity contribution in [1.82, 2.24) is 15.2 Å². The Bertz CT molecular complexity index is 808. The second kappa shape index (κ2) is 8.19. The number of methoxy groups -OCH3 is 1. The number of carbonyl (C=O) groups is 2. The fourth-order valence-corrected chi connectivity index (χ4v) is 3.17. The molecule has 2 heterocycles. The number of carbonyl (C=O) groups excluding carboxylic acids is 2. The van der Waals surface area contributed by atoms with E-state index in [2.05, 4.69) is 10.3 Å². The van der Waals surface area contributed by atoms with Crippen molar-refractivity contribution in [3.63, 3.8) is 0 Å². The maximum Gasteiger partial charge on any atom is 0.409 e. The van der Waals surface area contributed by atoms with Gasteiger partial charge in [0.2, 0.25) is 0 Å². The largest absolute Gasteiger partial charge is 0.453 e. The number of hydrogen-bond donors (Lipinski definition) is 1. The van der Waals surface area contributed by atoms with Crippen molar-refractivity contribution in [2.45, 2.75) is 19.4 Å². The van der Waals surface area contributed by atoms with Gasteiger partial charge in [0, 0.05) is 30.5 Å². The molecular weight excluding hydrogens is 354 g/mol. The summed E-state index contributed by atoms with van der Waals surface area (Å²) in [6, 6.07) is 7.57. The molecule has 0 aliphatic carbocycles. The van der Waals surface area contributed by atoms with Crippen LogP contribution in [0.15, 0.2) is 36.7 Å². The van der Waals surface area contributed by atoms with Gasteiger partial charge in [-0.3, -0.25) is 9.78 Å². The minimum absolute atomic E-state index is 0.144. The highest BCUT2D eigenvalue weighted by Crippen LogP contribution is 2.22. The van der Waals surface area contributed by atoms with E-state index in [1.807, 2.05) is 24.3 Å². The van der Waals surface area contributed by atoms with Gasteiger partial charge >= 0.3 is 6.09 Å². The molecule has 0 spiro atoms. The van der Waals surface area contributed by atoms with E-state index in [0.717, 1.165) is 23.1 Å². The second-order valence-corrected chi connectivity index (χ2v) is 6.54. The highest BCUT2D eigenvalue weighted by Gasteiger charge is 2.25. The maximum absolute atomic E-state index is 12.6. The molecule has 0 saturated heterocycles. The molecule has 3 rings (SSSR count). The average molecular weight is 374 g/mol. The fraction of sp³-hybridized carbons (Fsp3) is 0.316. The Kier molecular flexibility index (Phi) is 5.73. The van der Waals surface area contributed by atoms with Crippen molar-refractivity contribution >= 4 is 23.6 Å². The van der Waals surface area contributed by atoms with E-state index in [1.54, 1.807) is 17.3 Å². The van der Waals surface area contributed by atoms with Gasteiger partial charge in [0.15, 0.2) is 0 Å². The Morgan fingerprint density at radius 3 is 2.77 bits per heavy atom. The SMILES string of the molecule is COC(=O)N1CCc2c(cncc2C(=O)NCCc2ccc(Cl)cc2)C1. The van der Waals surface area contributed by atoms with E-state index in [4.69, 9.17) is 16.3 Å². The summed E-state index contributed by atoms with van der Waals surface area (Å²) in [4.78, 5) is 30.0. The number of nitrogens with zero attached hydrogens (tertiary/aromatic N) is 2. The Morgan fingerprint density at radius 1 is 1.27 bits per heavy atom. The van der Waals surface area contributed by atoms with E-state index in [1.165, 1.54) is 7.11 Å². The van der Waals surface area contributed by atoms with Crippen molar-refractivity contribution in [1.29, 1.82) is 0 Å². The first-order chi connectivity index (χ1) is 12.6. The number of rotatable bonds is 4. The van der Waals surface area contributed by atoms with Gasteiger partial charge in [0.25, 0.3) is 5.91 Å². The molecule has 136 valence electrons. The van der Waals surface area contributed by atoms with Gasteiger partial charge in [-0.2, -0.15) is 0 Å². The van der Waals surface area contributed by atoms with Crippen LogP contribution in [0.25, 0.3) is 0 Å². The molecule has 1 aliphatic rings. The van der Waals surface area contributed by atoms with Crippen LogP contribution in [0, 0.1) is 0 Å². The van der Waals surface area contributed by atoms with Crippen LogP contribution < -0.4 is 5.32 Å². The highest BCUT2D eigenvalue weighted by molar-refractivity contribution is 6.30. The van der Waals surface area contributed by atoms with Crippen molar-refractivity contribution in [3.05, 3.63) is 63.9 Å². The number of nitrogens with one attached hydrogen (secondary N) is 1. The molecule has 1 N–H and O–H groups in total. The van der Waals surface area contributed by atoms with Gasteiger partial charge < -0.3 is 15.0 Å². The molecule has 0 bridgehead atoms. The van der Waals surface area contributed by atoms with E-state index in [0.29, 0.717) is 36.6 Å². The van der Waals surface area contributed by atoms with Gasteiger partial charge in [0.05, 0.1) is 19.2 Å². The number of hydrogen-bond acceptors (Lipinski definition) is 4. The smallest absolute Gasteiger partial charge is 0.409 e. The normalized spacial score (nSPS) is 13.1. The molecule has 6 nitrogen and oxygen atoms in total. The molecule has 26 heavy (non-hydrogen) atoms. The first-order valence-corrected chi connectivity index (χ1v) is 8.77. The van der Waals surface area contributed by atoms with Gasteiger partial charge in [0.1, 0.15) is 0 Å². The third kappa shape index (κ3) is 4.14. The molecule has 1 aromatic carbocycles. The average Bonchev–Trinajstić information content (AvgIpc) is 2.67. The lowest BCUT2D eigenvalue weighted by molar-refractivity contribution is 0.0951. The van der Waals surface area contributed by atoms with Gasteiger partial charge in [-0.1, -0.05) is 23.7 Å². The summed E-state index contributed by atoms with van der Waals surface area (Å²) in [6.07, 6.45) is 4.25. The lowest BCUT2D eigenvalue weighted by Crippen LogP contribution is -2.37. The van der Waals surface area contributed by atoms with Gasteiger partial charge in [-0.25, -0.2) is 4.79 Å². The van der Waals surface area contributed by atoms with Gasteiger partial charge in [-0.05, 0) is 41.7 Å². The predicted octanol–water partition coefficient (Wildman–Crippen LogP) is 2.83. The molecule has 1 aliphatic heterocycles. The monoisotopic (exact) mass is 373 g/mol. The van der Waals surface area contributed by atoms with Crippen molar-refractivity contribution < 1.29 is 14.3 Å². The topological polar surface area (TPSA) is 71.5 Å². The molecule has 0 saturated carbocycles. The predicted molar refractivity (Wildman–Crippen MR) is 98.2 cm³/mol. The summed E-state index contributed by atoms with van der Waals surface area (Å²) in [5, 5.41) is 3.64. The molecule has 2 aromatic rings. The minimum atomic E-state index is -0.367. The van der Waals surface area contributed by atoms with E-state index < -0.39 is 0 Å². The van der Waals surface area contributed by atoms with E-state index >= 15 is 0 Å². The third-order valence-corrected chi connectivity index (χ3v) is 4.68. The van der Waals surface area contributed by atoms with Crippen LogP contribution in [0.4, 0.5) is 4.79 Å². The van der Waals surface area contributed by atoms with E-state index in [-0.39, 0.29) is 12.0 Å². The summed E-state index contributed by atoms with van der Waals surface area (Å²) in [6.45, 7) is 1.45. The van der Waals surface area contributed by atoms with Crippen molar-refractivity contribution in [2.24, 2.45) is 0 Å². The molecular formula is C19H20ClN3O3. The fourth-order valence-electron chi connectivity index (χ4n) is 3.04. The third-order valence-electron chi connectivity index (χ3n) is 4.43. The zero-order chi connectivity index (χ0) is 18.5. The number of benzene rings is 1. The second-order valence-electron chi connectivity index (χ2n) is 6.10. The Morgan fingerprint density at radius 2 is 2.04 bits per heavy atom. The molecule has 0 fully saturated rings. The minimum Gasteiger partial charge on any atom is -0.453 e. The quantitative estimate of drug-likeness (QED) is 0.894. The first kappa shape index (κ1) is 18.2. The van der Waals surface area contributed by atoms with Crippen LogP contribution in [0.3, 0.4) is 0 Å². The number of aromatic nitrogens is 1. The number of fused-ring (bicyclic) bond motifs is 1. The molecule has 2 amide bonds. The molecule has 0 atom stereocenters. The van der Waals surface area contributed by atoms with Crippen LogP contribution >= 0.6 is 11.6 Å². The summed E-state index contributed by atoms with van der Waals surface area (Å²) < 4.78 is 4.76. The Labute approximate surface area is 157 Å². The summed E-state index contributed by atoms with van der Waals surface area (Å²) >= 11 is 5.87. The number of halogens is 1. The van der Waals surface area contributed by atoms with E-state index in [9.17, 15) is 9.59 Å².